The number of benzene rings is 2. The summed E-state index contributed by atoms with van der Waals surface area (Å²) in [6, 6.07) is 12.1. The summed E-state index contributed by atoms with van der Waals surface area (Å²) in [5, 5.41) is 3.82. The van der Waals surface area contributed by atoms with Crippen molar-refractivity contribution in [2.75, 3.05) is 11.9 Å². The molecule has 4 nitrogen and oxygen atoms in total. The predicted octanol–water partition coefficient (Wildman–Crippen LogP) is 4.50. The molecule has 24 heavy (non-hydrogen) atoms. The van der Waals surface area contributed by atoms with Gasteiger partial charge >= 0.3 is 5.97 Å². The lowest BCUT2D eigenvalue weighted by atomic mass is 10.2. The molecule has 6 heteroatoms. The Labute approximate surface area is 150 Å². The first-order valence-electron chi connectivity index (χ1n) is 7.10. The van der Waals surface area contributed by atoms with Crippen LogP contribution in [0, 0.1) is 6.92 Å². The maximum Gasteiger partial charge on any atom is 0.331 e. The van der Waals surface area contributed by atoms with Crippen molar-refractivity contribution in [2.24, 2.45) is 0 Å². The fraction of sp³-hybridized carbons (Fsp3) is 0.111. The molecule has 1 N–H and O–H groups in total. The van der Waals surface area contributed by atoms with E-state index in [4.69, 9.17) is 27.9 Å². The Kier molecular flexibility index (Phi) is 6.41. The third-order valence-electron chi connectivity index (χ3n) is 3.07. The van der Waals surface area contributed by atoms with E-state index < -0.39 is 11.9 Å². The highest BCUT2D eigenvalue weighted by molar-refractivity contribution is 6.31. The van der Waals surface area contributed by atoms with Gasteiger partial charge in [0.25, 0.3) is 5.91 Å². The van der Waals surface area contributed by atoms with Gasteiger partial charge in [0.2, 0.25) is 0 Å². The van der Waals surface area contributed by atoms with E-state index >= 15 is 0 Å². The smallest absolute Gasteiger partial charge is 0.331 e. The topological polar surface area (TPSA) is 55.4 Å². The molecular weight excluding hydrogens is 349 g/mol. The van der Waals surface area contributed by atoms with Crippen LogP contribution < -0.4 is 5.32 Å². The van der Waals surface area contributed by atoms with Crippen LogP contribution in [0.3, 0.4) is 0 Å². The molecule has 0 saturated carbocycles. The number of carbonyl (C=O) groups is 2. The van der Waals surface area contributed by atoms with Crippen molar-refractivity contribution >= 4 is 46.8 Å². The zero-order valence-electron chi connectivity index (χ0n) is 12.9. The van der Waals surface area contributed by atoms with Gasteiger partial charge in [-0.1, -0.05) is 35.3 Å². The van der Waals surface area contributed by atoms with E-state index in [2.05, 4.69) is 5.32 Å². The van der Waals surface area contributed by atoms with E-state index in [0.717, 1.165) is 11.1 Å². The van der Waals surface area contributed by atoms with Crippen molar-refractivity contribution in [3.8, 4) is 0 Å². The van der Waals surface area contributed by atoms with Gasteiger partial charge < -0.3 is 10.1 Å². The SMILES string of the molecule is Cc1cc(Cl)ccc1NC(=O)COC(=O)/C=C/c1cccc(Cl)c1. The van der Waals surface area contributed by atoms with Gasteiger partial charge in [0, 0.05) is 21.8 Å². The maximum absolute atomic E-state index is 11.8. The number of esters is 1. The van der Waals surface area contributed by atoms with Crippen LogP contribution >= 0.6 is 23.2 Å². The van der Waals surface area contributed by atoms with Gasteiger partial charge in [0.1, 0.15) is 0 Å². The molecule has 1 amide bonds. The fourth-order valence-corrected chi connectivity index (χ4v) is 2.34. The predicted molar refractivity (Wildman–Crippen MR) is 96.3 cm³/mol. The Balaban J connectivity index is 1.83. The monoisotopic (exact) mass is 363 g/mol. The summed E-state index contributed by atoms with van der Waals surface area (Å²) in [6.45, 7) is 1.45. The van der Waals surface area contributed by atoms with Crippen molar-refractivity contribution in [3.05, 3.63) is 69.7 Å². The van der Waals surface area contributed by atoms with E-state index in [1.165, 1.54) is 6.08 Å². The molecule has 0 aliphatic rings. The zero-order valence-corrected chi connectivity index (χ0v) is 14.4. The number of amides is 1. The molecule has 124 valence electrons. The van der Waals surface area contributed by atoms with Crippen LogP contribution in [0.1, 0.15) is 11.1 Å². The van der Waals surface area contributed by atoms with Crippen LogP contribution in [-0.4, -0.2) is 18.5 Å². The summed E-state index contributed by atoms with van der Waals surface area (Å²) in [7, 11) is 0. The number of anilines is 1. The minimum Gasteiger partial charge on any atom is -0.452 e. The van der Waals surface area contributed by atoms with Gasteiger partial charge in [-0.3, -0.25) is 4.79 Å². The first-order chi connectivity index (χ1) is 11.4. The van der Waals surface area contributed by atoms with Crippen LogP contribution in [0.25, 0.3) is 6.08 Å². The van der Waals surface area contributed by atoms with Crippen LogP contribution in [-0.2, 0) is 14.3 Å². The first kappa shape index (κ1) is 18.0. The van der Waals surface area contributed by atoms with Gasteiger partial charge in [-0.25, -0.2) is 4.79 Å². The molecule has 0 spiro atoms. The summed E-state index contributed by atoms with van der Waals surface area (Å²) in [5.41, 5.74) is 2.21. The summed E-state index contributed by atoms with van der Waals surface area (Å²) in [5.74, 6) is -1.04. The van der Waals surface area contributed by atoms with Crippen molar-refractivity contribution in [1.29, 1.82) is 0 Å². The molecular formula is C18H15Cl2NO3. The summed E-state index contributed by atoms with van der Waals surface area (Å²) in [4.78, 5) is 23.4. The standard InChI is InChI=1S/C18H15Cl2NO3/c1-12-9-15(20)6-7-16(12)21-17(22)11-24-18(23)8-5-13-3-2-4-14(19)10-13/h2-10H,11H2,1H3,(H,21,22)/b8-5+. The molecule has 0 unspecified atom stereocenters. The molecule has 0 aliphatic heterocycles. The molecule has 0 saturated heterocycles. The Bertz CT molecular complexity index is 788. The molecule has 0 fully saturated rings. The highest BCUT2D eigenvalue weighted by Gasteiger charge is 2.07. The van der Waals surface area contributed by atoms with E-state index in [1.54, 1.807) is 48.5 Å². The maximum atomic E-state index is 11.8. The second-order valence-corrected chi connectivity index (χ2v) is 5.88. The summed E-state index contributed by atoms with van der Waals surface area (Å²) in [6.07, 6.45) is 2.81. The lowest BCUT2D eigenvalue weighted by molar-refractivity contribution is -0.142. The zero-order chi connectivity index (χ0) is 17.5. The highest BCUT2D eigenvalue weighted by atomic mass is 35.5. The number of halogens is 2. The van der Waals surface area contributed by atoms with Gasteiger partial charge in [0.05, 0.1) is 0 Å². The van der Waals surface area contributed by atoms with E-state index in [-0.39, 0.29) is 6.61 Å². The molecule has 0 atom stereocenters. The average molecular weight is 364 g/mol. The number of ether oxygens (including phenoxy) is 1. The number of hydrogen-bond acceptors (Lipinski definition) is 3. The molecule has 0 aromatic heterocycles. The summed E-state index contributed by atoms with van der Waals surface area (Å²) >= 11 is 11.7. The van der Waals surface area contributed by atoms with Crippen LogP contribution in [0.4, 0.5) is 5.69 Å². The van der Waals surface area contributed by atoms with E-state index in [0.29, 0.717) is 15.7 Å². The average Bonchev–Trinajstić information content (AvgIpc) is 2.54. The first-order valence-corrected chi connectivity index (χ1v) is 7.86. The number of nitrogens with one attached hydrogen (secondary N) is 1. The number of rotatable bonds is 5. The Hall–Kier alpha value is -2.30. The minimum atomic E-state index is -0.613. The van der Waals surface area contributed by atoms with Crippen LogP contribution in [0.15, 0.2) is 48.5 Å². The van der Waals surface area contributed by atoms with Crippen molar-refractivity contribution in [2.45, 2.75) is 6.92 Å². The lowest BCUT2D eigenvalue weighted by Crippen LogP contribution is -2.20. The van der Waals surface area contributed by atoms with E-state index in [1.807, 2.05) is 6.92 Å². The Morgan fingerprint density at radius 1 is 1.12 bits per heavy atom. The van der Waals surface area contributed by atoms with Crippen molar-refractivity contribution < 1.29 is 14.3 Å². The second kappa shape index (κ2) is 8.52. The molecule has 0 bridgehead atoms. The highest BCUT2D eigenvalue weighted by Crippen LogP contribution is 2.19. The lowest BCUT2D eigenvalue weighted by Gasteiger charge is -2.08. The molecule has 0 heterocycles. The summed E-state index contributed by atoms with van der Waals surface area (Å²) < 4.78 is 4.89. The number of aryl methyl sites for hydroxylation is 1. The second-order valence-electron chi connectivity index (χ2n) is 5.00. The third kappa shape index (κ3) is 5.72. The Morgan fingerprint density at radius 3 is 2.58 bits per heavy atom. The largest absolute Gasteiger partial charge is 0.452 e. The quantitative estimate of drug-likeness (QED) is 0.628. The van der Waals surface area contributed by atoms with Crippen molar-refractivity contribution in [3.63, 3.8) is 0 Å². The van der Waals surface area contributed by atoms with Crippen molar-refractivity contribution in [1.82, 2.24) is 0 Å². The minimum absolute atomic E-state index is 0.374. The Morgan fingerprint density at radius 2 is 1.88 bits per heavy atom. The number of carbonyl (C=O) groups excluding carboxylic acids is 2. The molecule has 2 rings (SSSR count). The van der Waals surface area contributed by atoms with Gasteiger partial charge in [-0.05, 0) is 54.5 Å². The van der Waals surface area contributed by atoms with Gasteiger partial charge in [0.15, 0.2) is 6.61 Å². The molecule has 2 aromatic carbocycles. The molecule has 0 aliphatic carbocycles. The number of hydrogen-bond donors (Lipinski definition) is 1. The van der Waals surface area contributed by atoms with E-state index in [9.17, 15) is 9.59 Å². The molecule has 2 aromatic rings. The third-order valence-corrected chi connectivity index (χ3v) is 3.54. The normalized spacial score (nSPS) is 10.6. The van der Waals surface area contributed by atoms with Crippen LogP contribution in [0.5, 0.6) is 0 Å². The van der Waals surface area contributed by atoms with Crippen LogP contribution in [0.2, 0.25) is 10.0 Å². The van der Waals surface area contributed by atoms with Gasteiger partial charge in [-0.2, -0.15) is 0 Å². The molecule has 0 radical (unpaired) electrons. The van der Waals surface area contributed by atoms with Gasteiger partial charge in [-0.15, -0.1) is 0 Å². The fourth-order valence-electron chi connectivity index (χ4n) is 1.91.